The first kappa shape index (κ1) is 17.9. The van der Waals surface area contributed by atoms with Gasteiger partial charge in [-0.1, -0.05) is 66.7 Å². The van der Waals surface area contributed by atoms with Gasteiger partial charge in [-0.25, -0.2) is 9.67 Å². The van der Waals surface area contributed by atoms with Crippen LogP contribution in [0.1, 0.15) is 0 Å². The van der Waals surface area contributed by atoms with Gasteiger partial charge < -0.3 is 4.74 Å². The van der Waals surface area contributed by atoms with Crippen molar-refractivity contribution in [3.8, 4) is 39.6 Å². The van der Waals surface area contributed by atoms with E-state index in [9.17, 15) is 0 Å². The Morgan fingerprint density at radius 1 is 0.633 bits per heavy atom. The number of nitrogens with zero attached hydrogens (tertiary/aromatic N) is 3. The molecule has 0 unspecified atom stereocenters. The number of ether oxygens (including phenoxy) is 1. The molecule has 0 bridgehead atoms. The minimum atomic E-state index is 0.564. The van der Waals surface area contributed by atoms with Crippen LogP contribution < -0.4 is 4.74 Å². The first-order valence-corrected chi connectivity index (χ1v) is 9.75. The van der Waals surface area contributed by atoms with E-state index in [-0.39, 0.29) is 0 Å². The lowest BCUT2D eigenvalue weighted by Gasteiger charge is -2.07. The highest BCUT2D eigenvalue weighted by Crippen LogP contribution is 2.26. The molecular weight excluding hydrogens is 370 g/mol. The Balaban J connectivity index is 1.37. The van der Waals surface area contributed by atoms with E-state index in [1.807, 2.05) is 65.6 Å². The molecule has 4 heteroatoms. The molecule has 0 atom stereocenters. The van der Waals surface area contributed by atoms with Gasteiger partial charge in [0, 0.05) is 30.1 Å². The summed E-state index contributed by atoms with van der Waals surface area (Å²) in [6.45, 7) is 0. The predicted octanol–water partition coefficient (Wildman–Crippen LogP) is 6.39. The summed E-state index contributed by atoms with van der Waals surface area (Å²) in [4.78, 5) is 4.20. The summed E-state index contributed by atoms with van der Waals surface area (Å²) in [5.41, 5.74) is 5.53. The van der Waals surface area contributed by atoms with E-state index in [1.54, 1.807) is 6.20 Å². The molecule has 0 saturated carbocycles. The average Bonchev–Trinajstić information content (AvgIpc) is 3.31. The molecule has 0 fully saturated rings. The Hall–Kier alpha value is -4.18. The lowest BCUT2D eigenvalue weighted by molar-refractivity contribution is 0.462. The van der Waals surface area contributed by atoms with E-state index in [0.29, 0.717) is 5.88 Å². The van der Waals surface area contributed by atoms with Crippen molar-refractivity contribution in [2.75, 3.05) is 0 Å². The lowest BCUT2D eigenvalue weighted by Crippen LogP contribution is -1.95. The molecule has 3 aromatic carbocycles. The number of rotatable bonds is 5. The third-order valence-corrected chi connectivity index (χ3v) is 4.85. The normalized spacial score (nSPS) is 10.7. The number of aromatic nitrogens is 3. The molecule has 5 rings (SSSR count). The van der Waals surface area contributed by atoms with Gasteiger partial charge in [-0.15, -0.1) is 0 Å². The van der Waals surface area contributed by atoms with Crippen LogP contribution in [0.4, 0.5) is 0 Å². The summed E-state index contributed by atoms with van der Waals surface area (Å²) in [7, 11) is 0. The first-order chi connectivity index (χ1) is 14.8. The van der Waals surface area contributed by atoms with Gasteiger partial charge in [0.2, 0.25) is 5.88 Å². The molecule has 0 N–H and O–H groups in total. The van der Waals surface area contributed by atoms with Crippen LogP contribution in [0.3, 0.4) is 0 Å². The highest BCUT2D eigenvalue weighted by atomic mass is 16.5. The topological polar surface area (TPSA) is 39.9 Å². The van der Waals surface area contributed by atoms with Crippen molar-refractivity contribution in [1.29, 1.82) is 0 Å². The van der Waals surface area contributed by atoms with Crippen LogP contribution in [-0.2, 0) is 0 Å². The van der Waals surface area contributed by atoms with Crippen molar-refractivity contribution in [3.05, 3.63) is 116 Å². The van der Waals surface area contributed by atoms with Crippen LogP contribution in [0.5, 0.6) is 11.6 Å². The largest absolute Gasteiger partial charge is 0.439 e. The quantitative estimate of drug-likeness (QED) is 0.349. The molecule has 5 aromatic rings. The average molecular weight is 389 g/mol. The second-order valence-corrected chi connectivity index (χ2v) is 6.88. The molecule has 144 valence electrons. The monoisotopic (exact) mass is 389 g/mol. The fourth-order valence-electron chi connectivity index (χ4n) is 3.32. The van der Waals surface area contributed by atoms with Crippen molar-refractivity contribution in [3.63, 3.8) is 0 Å². The summed E-state index contributed by atoms with van der Waals surface area (Å²) >= 11 is 0. The van der Waals surface area contributed by atoms with Crippen LogP contribution >= 0.6 is 0 Å². The fourth-order valence-corrected chi connectivity index (χ4v) is 3.32. The maximum Gasteiger partial charge on any atom is 0.219 e. The second kappa shape index (κ2) is 8.05. The van der Waals surface area contributed by atoms with E-state index in [2.05, 4.69) is 58.6 Å². The van der Waals surface area contributed by atoms with Gasteiger partial charge >= 0.3 is 0 Å². The zero-order valence-electron chi connectivity index (χ0n) is 16.2. The highest BCUT2D eigenvalue weighted by molar-refractivity contribution is 5.69. The maximum absolute atomic E-state index is 5.83. The minimum Gasteiger partial charge on any atom is -0.439 e. The third kappa shape index (κ3) is 3.84. The third-order valence-electron chi connectivity index (χ3n) is 4.85. The first-order valence-electron chi connectivity index (χ1n) is 9.75. The predicted molar refractivity (Wildman–Crippen MR) is 119 cm³/mol. The van der Waals surface area contributed by atoms with Crippen LogP contribution in [0.2, 0.25) is 0 Å². The van der Waals surface area contributed by atoms with Gasteiger partial charge in [0.25, 0.3) is 0 Å². The molecule has 2 aromatic heterocycles. The molecular formula is C26H19N3O. The number of hydrogen-bond acceptors (Lipinski definition) is 3. The minimum absolute atomic E-state index is 0.564. The van der Waals surface area contributed by atoms with Crippen molar-refractivity contribution in [1.82, 2.24) is 14.8 Å². The Kier molecular flexibility index (Phi) is 4.80. The summed E-state index contributed by atoms with van der Waals surface area (Å²) in [5, 5.41) is 4.54. The highest BCUT2D eigenvalue weighted by Gasteiger charge is 2.06. The zero-order chi connectivity index (χ0) is 20.2. The molecule has 2 heterocycles. The molecule has 0 aliphatic heterocycles. The van der Waals surface area contributed by atoms with Crippen LogP contribution in [0.15, 0.2) is 116 Å². The van der Waals surface area contributed by atoms with Gasteiger partial charge in [-0.3, -0.25) is 0 Å². The van der Waals surface area contributed by atoms with Crippen molar-refractivity contribution in [2.45, 2.75) is 0 Å². The molecule has 0 aliphatic carbocycles. The van der Waals surface area contributed by atoms with Gasteiger partial charge in [0.1, 0.15) is 5.75 Å². The molecule has 0 saturated heterocycles. The van der Waals surface area contributed by atoms with Crippen LogP contribution in [-0.4, -0.2) is 14.8 Å². The molecule has 30 heavy (non-hydrogen) atoms. The van der Waals surface area contributed by atoms with Gasteiger partial charge in [0.15, 0.2) is 0 Å². The van der Waals surface area contributed by atoms with Gasteiger partial charge in [0.05, 0.1) is 11.9 Å². The Bertz CT molecular complexity index is 1250. The van der Waals surface area contributed by atoms with Gasteiger partial charge in [-0.2, -0.15) is 5.10 Å². The summed E-state index contributed by atoms with van der Waals surface area (Å²) < 4.78 is 7.69. The van der Waals surface area contributed by atoms with E-state index in [1.165, 1.54) is 11.1 Å². The Labute approximate surface area is 175 Å². The summed E-state index contributed by atoms with van der Waals surface area (Å²) in [5.74, 6) is 1.28. The van der Waals surface area contributed by atoms with Crippen molar-refractivity contribution >= 4 is 0 Å². The Morgan fingerprint density at radius 2 is 1.37 bits per heavy atom. The Morgan fingerprint density at radius 3 is 2.13 bits per heavy atom. The zero-order valence-corrected chi connectivity index (χ0v) is 16.2. The number of pyridine rings is 1. The fraction of sp³-hybridized carbons (Fsp3) is 0. The van der Waals surface area contributed by atoms with E-state index in [0.717, 1.165) is 22.6 Å². The molecule has 0 radical (unpaired) electrons. The maximum atomic E-state index is 5.83. The molecule has 4 nitrogen and oxygen atoms in total. The lowest BCUT2D eigenvalue weighted by atomic mass is 10.0. The van der Waals surface area contributed by atoms with Crippen LogP contribution in [0, 0.1) is 0 Å². The van der Waals surface area contributed by atoms with E-state index < -0.39 is 0 Å². The molecule has 0 amide bonds. The van der Waals surface area contributed by atoms with Crippen molar-refractivity contribution in [2.24, 2.45) is 0 Å². The smallest absolute Gasteiger partial charge is 0.219 e. The standard InChI is InChI=1S/C26H19N3O/c1-2-7-20(8-3-1)21-12-14-22(15-13-21)23-18-28-29(19-23)24-9-6-10-25(17-24)30-26-11-4-5-16-27-26/h1-19H. The van der Waals surface area contributed by atoms with Gasteiger partial charge in [-0.05, 0) is 34.9 Å². The van der Waals surface area contributed by atoms with Crippen molar-refractivity contribution < 1.29 is 4.74 Å². The summed E-state index contributed by atoms with van der Waals surface area (Å²) in [6, 6.07) is 32.3. The number of hydrogen-bond donors (Lipinski definition) is 0. The molecule has 0 aliphatic rings. The molecule has 0 spiro atoms. The number of benzene rings is 3. The van der Waals surface area contributed by atoms with E-state index in [4.69, 9.17) is 4.74 Å². The SMILES string of the molecule is c1ccc(-c2ccc(-c3cnn(-c4cccc(Oc5ccccn5)c4)c3)cc2)cc1. The van der Waals surface area contributed by atoms with E-state index >= 15 is 0 Å². The second-order valence-electron chi connectivity index (χ2n) is 6.88. The summed E-state index contributed by atoms with van der Waals surface area (Å²) in [6.07, 6.45) is 5.61. The van der Waals surface area contributed by atoms with Crippen LogP contribution in [0.25, 0.3) is 27.9 Å².